The minimum absolute atomic E-state index is 0.251. The summed E-state index contributed by atoms with van der Waals surface area (Å²) < 4.78 is 1.10. The summed E-state index contributed by atoms with van der Waals surface area (Å²) in [6.45, 7) is 1.71. The SMILES string of the molecule is Cc1ccc([N+](=O)[O-])c(=O)n1CC(=O)NCc1ccccc1. The molecule has 0 radical (unpaired) electrons. The third-order valence-corrected chi connectivity index (χ3v) is 3.20. The van der Waals surface area contributed by atoms with Gasteiger partial charge in [0.2, 0.25) is 5.91 Å². The van der Waals surface area contributed by atoms with Crippen LogP contribution in [0.4, 0.5) is 5.69 Å². The summed E-state index contributed by atoms with van der Waals surface area (Å²) in [5.41, 5.74) is 0.103. The van der Waals surface area contributed by atoms with E-state index in [-0.39, 0.29) is 12.5 Å². The largest absolute Gasteiger partial charge is 0.350 e. The van der Waals surface area contributed by atoms with Gasteiger partial charge in [-0.1, -0.05) is 30.3 Å². The van der Waals surface area contributed by atoms with E-state index in [4.69, 9.17) is 0 Å². The molecule has 0 saturated carbocycles. The summed E-state index contributed by atoms with van der Waals surface area (Å²) in [5.74, 6) is -0.380. The first-order valence-corrected chi connectivity index (χ1v) is 6.64. The Morgan fingerprint density at radius 2 is 1.91 bits per heavy atom. The number of aromatic nitrogens is 1. The second kappa shape index (κ2) is 6.66. The molecule has 2 aromatic rings. The summed E-state index contributed by atoms with van der Waals surface area (Å²) in [4.78, 5) is 33.9. The molecule has 0 aliphatic heterocycles. The fourth-order valence-corrected chi connectivity index (χ4v) is 1.99. The van der Waals surface area contributed by atoms with E-state index >= 15 is 0 Å². The number of amides is 1. The lowest BCUT2D eigenvalue weighted by Gasteiger charge is -2.10. The maximum Gasteiger partial charge on any atom is 0.334 e. The van der Waals surface area contributed by atoms with Gasteiger partial charge < -0.3 is 5.32 Å². The van der Waals surface area contributed by atoms with Gasteiger partial charge >= 0.3 is 11.2 Å². The lowest BCUT2D eigenvalue weighted by atomic mass is 10.2. The molecule has 7 heteroatoms. The average Bonchev–Trinajstić information content (AvgIpc) is 2.50. The molecule has 0 atom stereocenters. The molecule has 1 aromatic carbocycles. The van der Waals surface area contributed by atoms with Crippen LogP contribution in [0.25, 0.3) is 0 Å². The van der Waals surface area contributed by atoms with Crippen molar-refractivity contribution < 1.29 is 9.72 Å². The van der Waals surface area contributed by atoms with Crippen molar-refractivity contribution in [3.8, 4) is 0 Å². The van der Waals surface area contributed by atoms with Gasteiger partial charge in [0.1, 0.15) is 6.54 Å². The van der Waals surface area contributed by atoms with Gasteiger partial charge in [0.15, 0.2) is 0 Å². The Balaban J connectivity index is 2.10. The van der Waals surface area contributed by atoms with E-state index in [1.165, 1.54) is 6.07 Å². The predicted molar refractivity (Wildman–Crippen MR) is 80.4 cm³/mol. The number of nitrogens with one attached hydrogen (secondary N) is 1. The van der Waals surface area contributed by atoms with E-state index in [0.717, 1.165) is 16.2 Å². The summed E-state index contributed by atoms with van der Waals surface area (Å²) in [6.07, 6.45) is 0. The molecule has 1 aromatic heterocycles. The second-order valence-electron chi connectivity index (χ2n) is 4.77. The Kier molecular flexibility index (Phi) is 4.67. The third kappa shape index (κ3) is 3.57. The molecule has 0 saturated heterocycles. The van der Waals surface area contributed by atoms with Crippen molar-refractivity contribution in [2.75, 3.05) is 0 Å². The summed E-state index contributed by atoms with van der Waals surface area (Å²) in [6, 6.07) is 11.9. The second-order valence-corrected chi connectivity index (χ2v) is 4.77. The highest BCUT2D eigenvalue weighted by Crippen LogP contribution is 2.05. The summed E-state index contributed by atoms with van der Waals surface area (Å²) in [5, 5.41) is 13.5. The molecule has 0 bridgehead atoms. The number of hydrogen-bond acceptors (Lipinski definition) is 4. The van der Waals surface area contributed by atoms with Gasteiger partial charge in [0, 0.05) is 18.3 Å². The van der Waals surface area contributed by atoms with Crippen LogP contribution in [0.1, 0.15) is 11.3 Å². The third-order valence-electron chi connectivity index (χ3n) is 3.20. The van der Waals surface area contributed by atoms with Crippen molar-refractivity contribution in [2.24, 2.45) is 0 Å². The number of rotatable bonds is 5. The van der Waals surface area contributed by atoms with E-state index in [1.54, 1.807) is 6.92 Å². The van der Waals surface area contributed by atoms with Crippen LogP contribution in [0.15, 0.2) is 47.3 Å². The molecule has 0 fully saturated rings. The lowest BCUT2D eigenvalue weighted by molar-refractivity contribution is -0.386. The van der Waals surface area contributed by atoms with Crippen LogP contribution in [-0.4, -0.2) is 15.4 Å². The Labute approximate surface area is 126 Å². The fourth-order valence-electron chi connectivity index (χ4n) is 1.99. The van der Waals surface area contributed by atoms with E-state index in [1.807, 2.05) is 30.3 Å². The van der Waals surface area contributed by atoms with E-state index in [0.29, 0.717) is 12.2 Å². The van der Waals surface area contributed by atoms with Crippen molar-refractivity contribution in [3.63, 3.8) is 0 Å². The minimum Gasteiger partial charge on any atom is -0.350 e. The molecular weight excluding hydrogens is 286 g/mol. The molecule has 2 rings (SSSR count). The molecule has 0 unspecified atom stereocenters. The molecule has 114 valence electrons. The zero-order valence-corrected chi connectivity index (χ0v) is 12.0. The van der Waals surface area contributed by atoms with Crippen molar-refractivity contribution in [3.05, 3.63) is 74.2 Å². The van der Waals surface area contributed by atoms with Gasteiger partial charge in [0.25, 0.3) is 0 Å². The Bertz CT molecular complexity index is 753. The lowest BCUT2D eigenvalue weighted by Crippen LogP contribution is -2.33. The van der Waals surface area contributed by atoms with Crippen molar-refractivity contribution >= 4 is 11.6 Å². The van der Waals surface area contributed by atoms with Crippen molar-refractivity contribution in [2.45, 2.75) is 20.0 Å². The van der Waals surface area contributed by atoms with Crippen molar-refractivity contribution in [1.82, 2.24) is 9.88 Å². The number of benzene rings is 1. The van der Waals surface area contributed by atoms with E-state index in [9.17, 15) is 19.7 Å². The zero-order chi connectivity index (χ0) is 16.1. The predicted octanol–water partition coefficient (Wildman–Crippen LogP) is 1.38. The molecule has 1 heterocycles. The van der Waals surface area contributed by atoms with Crippen LogP contribution >= 0.6 is 0 Å². The van der Waals surface area contributed by atoms with Crippen LogP contribution in [-0.2, 0) is 17.9 Å². The minimum atomic E-state index is -0.778. The van der Waals surface area contributed by atoms with Crippen LogP contribution < -0.4 is 10.9 Å². The summed E-state index contributed by atoms with van der Waals surface area (Å²) >= 11 is 0. The number of carbonyl (C=O) groups is 1. The highest BCUT2D eigenvalue weighted by atomic mass is 16.6. The number of carbonyl (C=O) groups excluding carboxylic acids is 1. The van der Waals surface area contributed by atoms with E-state index in [2.05, 4.69) is 5.32 Å². The number of pyridine rings is 1. The van der Waals surface area contributed by atoms with E-state index < -0.39 is 16.2 Å². The normalized spacial score (nSPS) is 10.2. The van der Waals surface area contributed by atoms with Gasteiger partial charge in [-0.2, -0.15) is 0 Å². The maximum absolute atomic E-state index is 12.0. The Hall–Kier alpha value is -2.96. The first-order chi connectivity index (χ1) is 10.5. The standard InChI is InChI=1S/C15H15N3O4/c1-11-7-8-13(18(21)22)15(20)17(11)10-14(19)16-9-12-5-3-2-4-6-12/h2-8H,9-10H2,1H3,(H,16,19). The van der Waals surface area contributed by atoms with Crippen LogP contribution in [0.5, 0.6) is 0 Å². The highest BCUT2D eigenvalue weighted by molar-refractivity contribution is 5.75. The van der Waals surface area contributed by atoms with Gasteiger partial charge in [-0.05, 0) is 18.6 Å². The Morgan fingerprint density at radius 1 is 1.23 bits per heavy atom. The fraction of sp³-hybridized carbons (Fsp3) is 0.200. The number of aryl methyl sites for hydroxylation is 1. The van der Waals surface area contributed by atoms with Gasteiger partial charge in [-0.3, -0.25) is 24.3 Å². The first-order valence-electron chi connectivity index (χ1n) is 6.64. The summed E-state index contributed by atoms with van der Waals surface area (Å²) in [7, 11) is 0. The Morgan fingerprint density at radius 3 is 2.55 bits per heavy atom. The number of hydrogen-bond donors (Lipinski definition) is 1. The highest BCUT2D eigenvalue weighted by Gasteiger charge is 2.17. The van der Waals surface area contributed by atoms with Gasteiger partial charge in [-0.25, -0.2) is 0 Å². The van der Waals surface area contributed by atoms with Gasteiger partial charge in [0.05, 0.1) is 4.92 Å². The smallest absolute Gasteiger partial charge is 0.334 e. The van der Waals surface area contributed by atoms with Crippen molar-refractivity contribution in [1.29, 1.82) is 0 Å². The maximum atomic E-state index is 12.0. The van der Waals surface area contributed by atoms with Crippen LogP contribution in [0, 0.1) is 17.0 Å². The monoisotopic (exact) mass is 301 g/mol. The van der Waals surface area contributed by atoms with Crippen LogP contribution in [0.2, 0.25) is 0 Å². The zero-order valence-electron chi connectivity index (χ0n) is 12.0. The molecule has 0 aliphatic rings. The first kappa shape index (κ1) is 15.4. The molecular formula is C15H15N3O4. The van der Waals surface area contributed by atoms with Crippen LogP contribution in [0.3, 0.4) is 0 Å². The quantitative estimate of drug-likeness (QED) is 0.667. The molecule has 1 N–H and O–H groups in total. The topological polar surface area (TPSA) is 94.2 Å². The van der Waals surface area contributed by atoms with Gasteiger partial charge in [-0.15, -0.1) is 0 Å². The molecule has 1 amide bonds. The average molecular weight is 301 g/mol. The number of nitrogens with zero attached hydrogens (tertiary/aromatic N) is 2. The molecule has 22 heavy (non-hydrogen) atoms. The number of nitro groups is 1. The molecule has 0 aliphatic carbocycles. The molecule has 7 nitrogen and oxygen atoms in total. The molecule has 0 spiro atoms.